The van der Waals surface area contributed by atoms with Crippen LogP contribution in [0.5, 0.6) is 0 Å². The quantitative estimate of drug-likeness (QED) is 0.484. The lowest BCUT2D eigenvalue weighted by Crippen LogP contribution is -2.12. The van der Waals surface area contributed by atoms with Gasteiger partial charge in [-0.3, -0.25) is 9.78 Å². The molecule has 0 aliphatic rings. The number of anilines is 2. The molecule has 31 heavy (non-hydrogen) atoms. The second-order valence-corrected chi connectivity index (χ2v) is 7.76. The van der Waals surface area contributed by atoms with Crippen molar-refractivity contribution >= 4 is 22.3 Å². The van der Waals surface area contributed by atoms with E-state index in [0.29, 0.717) is 35.7 Å². The highest BCUT2D eigenvalue weighted by atomic mass is 16.5. The molecule has 0 amide bonds. The molecule has 4 aromatic rings. The number of benzene rings is 2. The van der Waals surface area contributed by atoms with Gasteiger partial charge >= 0.3 is 0 Å². The summed E-state index contributed by atoms with van der Waals surface area (Å²) in [5, 5.41) is 0.554. The van der Waals surface area contributed by atoms with Gasteiger partial charge in [0.1, 0.15) is 5.82 Å². The first-order valence-electron chi connectivity index (χ1n) is 10.3. The molecule has 1 N–H and O–H groups in total. The minimum absolute atomic E-state index is 0.137. The van der Waals surface area contributed by atoms with Crippen molar-refractivity contribution in [2.24, 2.45) is 0 Å². The van der Waals surface area contributed by atoms with Crippen LogP contribution in [0.15, 0.2) is 71.8 Å². The topological polar surface area (TPSA) is 71.1 Å². The number of ether oxygens (including phenoxy) is 1. The number of nitrogens with one attached hydrogen (secondary N) is 1. The average Bonchev–Trinajstić information content (AvgIpc) is 2.79. The minimum atomic E-state index is -0.137. The van der Waals surface area contributed by atoms with Gasteiger partial charge in [0.15, 0.2) is 0 Å². The van der Waals surface area contributed by atoms with Crippen molar-refractivity contribution in [3.63, 3.8) is 0 Å². The van der Waals surface area contributed by atoms with Crippen molar-refractivity contribution in [1.82, 2.24) is 15.0 Å². The van der Waals surface area contributed by atoms with Crippen LogP contribution in [0.3, 0.4) is 0 Å². The maximum Gasteiger partial charge on any atom is 0.258 e. The summed E-state index contributed by atoms with van der Waals surface area (Å²) in [7, 11) is 3.78. The fourth-order valence-corrected chi connectivity index (χ4v) is 3.68. The molecule has 4 rings (SSSR count). The Balaban J connectivity index is 1.48. The maximum atomic E-state index is 12.3. The fraction of sp³-hybridized carbons (Fsp3) is 0.240. The Labute approximate surface area is 181 Å². The van der Waals surface area contributed by atoms with Crippen LogP contribution in [-0.2, 0) is 11.2 Å². The van der Waals surface area contributed by atoms with Crippen LogP contribution in [0.25, 0.3) is 10.9 Å². The second-order valence-electron chi connectivity index (χ2n) is 7.76. The molecule has 0 bridgehead atoms. The van der Waals surface area contributed by atoms with E-state index in [-0.39, 0.29) is 5.56 Å². The van der Waals surface area contributed by atoms with Gasteiger partial charge < -0.3 is 14.6 Å². The van der Waals surface area contributed by atoms with Crippen LogP contribution in [0.2, 0.25) is 0 Å². The standard InChI is InChI=1S/C25H26N4O2/c1-17(16-31-3)19-6-10-21(11-7-19)29(2)20-8-4-18(5-9-20)14-24-27-23-15-26-13-12-22(23)25(30)28-24/h4-13,15,17H,14,16H2,1-3H3,(H,27,28,30). The molecule has 1 atom stereocenters. The van der Waals surface area contributed by atoms with Crippen LogP contribution in [-0.4, -0.2) is 35.7 Å². The SMILES string of the molecule is COCC(C)c1ccc(N(C)c2ccc(Cc3nc4cnccc4c(=O)[nH]3)cc2)cc1. The molecule has 0 fully saturated rings. The molecule has 0 aliphatic carbocycles. The molecule has 2 heterocycles. The summed E-state index contributed by atoms with van der Waals surface area (Å²) in [5.74, 6) is 1.00. The van der Waals surface area contributed by atoms with Crippen LogP contribution in [0.4, 0.5) is 11.4 Å². The Kier molecular flexibility index (Phi) is 6.09. The molecule has 6 nitrogen and oxygen atoms in total. The van der Waals surface area contributed by atoms with E-state index in [1.54, 1.807) is 25.6 Å². The van der Waals surface area contributed by atoms with E-state index >= 15 is 0 Å². The Morgan fingerprint density at radius 3 is 2.39 bits per heavy atom. The van der Waals surface area contributed by atoms with E-state index in [0.717, 1.165) is 16.9 Å². The van der Waals surface area contributed by atoms with E-state index < -0.39 is 0 Å². The predicted octanol–water partition coefficient (Wildman–Crippen LogP) is 4.43. The van der Waals surface area contributed by atoms with E-state index in [2.05, 4.69) is 82.4 Å². The zero-order chi connectivity index (χ0) is 21.8. The normalized spacial score (nSPS) is 12.1. The van der Waals surface area contributed by atoms with Crippen molar-refractivity contribution in [2.75, 3.05) is 25.7 Å². The average molecular weight is 415 g/mol. The number of hydrogen-bond donors (Lipinski definition) is 1. The van der Waals surface area contributed by atoms with Gasteiger partial charge in [0.05, 0.1) is 23.7 Å². The highest BCUT2D eigenvalue weighted by molar-refractivity contribution is 5.76. The van der Waals surface area contributed by atoms with Crippen LogP contribution in [0, 0.1) is 0 Å². The number of rotatable bonds is 7. The summed E-state index contributed by atoms with van der Waals surface area (Å²) in [6.45, 7) is 2.87. The summed E-state index contributed by atoms with van der Waals surface area (Å²) in [6, 6.07) is 18.5. The number of H-pyrrole nitrogens is 1. The van der Waals surface area contributed by atoms with Crippen molar-refractivity contribution in [3.05, 3.63) is 94.3 Å². The van der Waals surface area contributed by atoms with Gasteiger partial charge in [0.25, 0.3) is 5.56 Å². The lowest BCUT2D eigenvalue weighted by atomic mass is 10.0. The van der Waals surface area contributed by atoms with E-state index in [4.69, 9.17) is 4.74 Å². The van der Waals surface area contributed by atoms with Gasteiger partial charge in [-0.1, -0.05) is 31.2 Å². The Morgan fingerprint density at radius 2 is 1.71 bits per heavy atom. The van der Waals surface area contributed by atoms with Gasteiger partial charge in [-0.15, -0.1) is 0 Å². The van der Waals surface area contributed by atoms with Gasteiger partial charge in [0.2, 0.25) is 0 Å². The lowest BCUT2D eigenvalue weighted by Gasteiger charge is -2.21. The molecule has 6 heteroatoms. The first-order chi connectivity index (χ1) is 15.0. The first kappa shape index (κ1) is 20.8. The molecule has 2 aromatic heterocycles. The maximum absolute atomic E-state index is 12.3. The van der Waals surface area contributed by atoms with E-state index in [1.807, 2.05) is 0 Å². The van der Waals surface area contributed by atoms with Crippen LogP contribution >= 0.6 is 0 Å². The largest absolute Gasteiger partial charge is 0.384 e. The van der Waals surface area contributed by atoms with Crippen molar-refractivity contribution in [3.8, 4) is 0 Å². The molecule has 2 aromatic carbocycles. The summed E-state index contributed by atoms with van der Waals surface area (Å²) in [6.07, 6.45) is 3.77. The number of pyridine rings is 1. The van der Waals surface area contributed by atoms with Gasteiger partial charge in [0, 0.05) is 44.1 Å². The number of methoxy groups -OCH3 is 1. The Bertz CT molecular complexity index is 1220. The van der Waals surface area contributed by atoms with Crippen molar-refractivity contribution in [2.45, 2.75) is 19.3 Å². The minimum Gasteiger partial charge on any atom is -0.384 e. The molecule has 0 radical (unpaired) electrons. The smallest absolute Gasteiger partial charge is 0.258 e. The monoisotopic (exact) mass is 414 g/mol. The van der Waals surface area contributed by atoms with Crippen LogP contribution in [0.1, 0.15) is 29.8 Å². The number of nitrogens with zero attached hydrogens (tertiary/aromatic N) is 3. The molecular formula is C25H26N4O2. The highest BCUT2D eigenvalue weighted by Crippen LogP contribution is 2.26. The summed E-state index contributed by atoms with van der Waals surface area (Å²) in [5.41, 5.74) is 5.02. The fourth-order valence-electron chi connectivity index (χ4n) is 3.68. The van der Waals surface area contributed by atoms with E-state index in [1.165, 1.54) is 5.56 Å². The zero-order valence-electron chi connectivity index (χ0n) is 18.0. The van der Waals surface area contributed by atoms with Crippen LogP contribution < -0.4 is 10.5 Å². The van der Waals surface area contributed by atoms with Crippen molar-refractivity contribution < 1.29 is 4.74 Å². The second kappa shape index (κ2) is 9.10. The third kappa shape index (κ3) is 4.64. The van der Waals surface area contributed by atoms with Gasteiger partial charge in [-0.2, -0.15) is 0 Å². The molecule has 0 saturated carbocycles. The Morgan fingerprint density at radius 1 is 1.03 bits per heavy atom. The third-order valence-electron chi connectivity index (χ3n) is 5.52. The number of hydrogen-bond acceptors (Lipinski definition) is 5. The van der Waals surface area contributed by atoms with E-state index in [9.17, 15) is 4.79 Å². The first-order valence-corrected chi connectivity index (χ1v) is 10.3. The zero-order valence-corrected chi connectivity index (χ0v) is 18.0. The molecule has 0 spiro atoms. The predicted molar refractivity (Wildman–Crippen MR) is 124 cm³/mol. The summed E-state index contributed by atoms with van der Waals surface area (Å²) < 4.78 is 5.25. The number of aromatic amines is 1. The summed E-state index contributed by atoms with van der Waals surface area (Å²) >= 11 is 0. The highest BCUT2D eigenvalue weighted by Gasteiger charge is 2.09. The molecular weight excluding hydrogens is 388 g/mol. The molecule has 0 saturated heterocycles. The molecule has 1 unspecified atom stereocenters. The molecule has 158 valence electrons. The summed E-state index contributed by atoms with van der Waals surface area (Å²) in [4.78, 5) is 25.9. The lowest BCUT2D eigenvalue weighted by molar-refractivity contribution is 0.184. The number of fused-ring (bicyclic) bond motifs is 1. The van der Waals surface area contributed by atoms with Crippen molar-refractivity contribution in [1.29, 1.82) is 0 Å². The number of aromatic nitrogens is 3. The van der Waals surface area contributed by atoms with Gasteiger partial charge in [-0.25, -0.2) is 4.98 Å². The third-order valence-corrected chi connectivity index (χ3v) is 5.52. The van der Waals surface area contributed by atoms with Gasteiger partial charge in [-0.05, 0) is 41.5 Å². The Hall–Kier alpha value is -3.51. The molecule has 0 aliphatic heterocycles.